The molecule has 1 aliphatic rings. The average molecular weight is 474 g/mol. The fourth-order valence-corrected chi connectivity index (χ4v) is 6.02. The number of amides is 1. The molecular formula is C19H24ClN3O5S2. The van der Waals surface area contributed by atoms with Gasteiger partial charge in [-0.2, -0.15) is 4.31 Å². The molecule has 1 fully saturated rings. The number of ether oxygens (including phenoxy) is 1. The van der Waals surface area contributed by atoms with E-state index >= 15 is 0 Å². The lowest BCUT2D eigenvalue weighted by molar-refractivity contribution is -0.140. The first kappa shape index (κ1) is 23.1. The van der Waals surface area contributed by atoms with Crippen molar-refractivity contribution in [3.63, 3.8) is 0 Å². The number of halogens is 1. The Bertz CT molecular complexity index is 960. The van der Waals surface area contributed by atoms with Crippen LogP contribution in [0.5, 0.6) is 0 Å². The molecule has 2 aromatic heterocycles. The zero-order valence-electron chi connectivity index (χ0n) is 16.5. The largest absolute Gasteiger partial charge is 0.383 e. The molecule has 1 amide bonds. The Kier molecular flexibility index (Phi) is 7.48. The van der Waals surface area contributed by atoms with Crippen molar-refractivity contribution in [3.8, 4) is 0 Å². The minimum Gasteiger partial charge on any atom is -0.383 e. The number of aromatic nitrogens is 1. The summed E-state index contributed by atoms with van der Waals surface area (Å²) in [4.78, 5) is 18.2. The van der Waals surface area contributed by atoms with Crippen LogP contribution in [-0.2, 0) is 25.2 Å². The predicted molar refractivity (Wildman–Crippen MR) is 114 cm³/mol. The molecule has 0 unspecified atom stereocenters. The van der Waals surface area contributed by atoms with Gasteiger partial charge in [0.25, 0.3) is 10.0 Å². The van der Waals surface area contributed by atoms with E-state index in [1.54, 1.807) is 23.2 Å². The summed E-state index contributed by atoms with van der Waals surface area (Å²) in [6.45, 7) is 0.878. The third-order valence-corrected chi connectivity index (χ3v) is 8.63. The SMILES string of the molecule is CN(CCOCC(=O)N1CCC(O)(c2ccccn2)CC1)S(=O)(=O)c1ccc(Cl)s1. The maximum Gasteiger partial charge on any atom is 0.252 e. The van der Waals surface area contributed by atoms with E-state index in [4.69, 9.17) is 16.3 Å². The normalized spacial score (nSPS) is 16.7. The zero-order valence-corrected chi connectivity index (χ0v) is 18.9. The van der Waals surface area contributed by atoms with Gasteiger partial charge in [-0.05, 0) is 37.1 Å². The van der Waals surface area contributed by atoms with Crippen molar-refractivity contribution >= 4 is 38.9 Å². The zero-order chi connectivity index (χ0) is 21.8. The monoisotopic (exact) mass is 473 g/mol. The average Bonchev–Trinajstić information content (AvgIpc) is 3.19. The molecule has 11 heteroatoms. The Morgan fingerprint density at radius 1 is 1.33 bits per heavy atom. The maximum absolute atomic E-state index is 12.4. The summed E-state index contributed by atoms with van der Waals surface area (Å²) in [6.07, 6.45) is 2.45. The smallest absolute Gasteiger partial charge is 0.252 e. The third kappa shape index (κ3) is 5.37. The molecule has 2 aromatic rings. The second kappa shape index (κ2) is 9.71. The predicted octanol–water partition coefficient (Wildman–Crippen LogP) is 1.94. The molecule has 1 N–H and O–H groups in total. The highest BCUT2D eigenvalue weighted by Crippen LogP contribution is 2.31. The van der Waals surface area contributed by atoms with E-state index in [1.165, 1.54) is 23.5 Å². The van der Waals surface area contributed by atoms with Crippen molar-refractivity contribution in [1.82, 2.24) is 14.2 Å². The van der Waals surface area contributed by atoms with Crippen LogP contribution in [0.1, 0.15) is 18.5 Å². The molecule has 0 bridgehead atoms. The summed E-state index contributed by atoms with van der Waals surface area (Å²) in [5.41, 5.74) is -0.412. The summed E-state index contributed by atoms with van der Waals surface area (Å²) in [5.74, 6) is -0.186. The van der Waals surface area contributed by atoms with Gasteiger partial charge < -0.3 is 14.7 Å². The number of carbonyl (C=O) groups is 1. The van der Waals surface area contributed by atoms with Crippen molar-refractivity contribution in [2.24, 2.45) is 0 Å². The fraction of sp³-hybridized carbons (Fsp3) is 0.474. The van der Waals surface area contributed by atoms with Gasteiger partial charge in [-0.3, -0.25) is 9.78 Å². The van der Waals surface area contributed by atoms with Gasteiger partial charge in [-0.25, -0.2) is 8.42 Å². The number of hydrogen-bond donors (Lipinski definition) is 1. The van der Waals surface area contributed by atoms with Crippen LogP contribution >= 0.6 is 22.9 Å². The van der Waals surface area contributed by atoms with Crippen molar-refractivity contribution in [1.29, 1.82) is 0 Å². The third-order valence-electron chi connectivity index (χ3n) is 5.07. The molecule has 1 saturated heterocycles. The summed E-state index contributed by atoms with van der Waals surface area (Å²) >= 11 is 6.80. The van der Waals surface area contributed by atoms with E-state index in [1.807, 2.05) is 6.07 Å². The number of aliphatic hydroxyl groups is 1. The second-order valence-electron chi connectivity index (χ2n) is 7.07. The fourth-order valence-electron chi connectivity index (χ4n) is 3.17. The van der Waals surface area contributed by atoms with E-state index in [9.17, 15) is 18.3 Å². The molecule has 0 aliphatic carbocycles. The van der Waals surface area contributed by atoms with Crippen LogP contribution in [0.3, 0.4) is 0 Å². The molecule has 164 valence electrons. The van der Waals surface area contributed by atoms with Gasteiger partial charge in [0, 0.05) is 32.9 Å². The lowest BCUT2D eigenvalue weighted by atomic mass is 9.88. The second-order valence-corrected chi connectivity index (χ2v) is 11.1. The van der Waals surface area contributed by atoms with Gasteiger partial charge in [0.1, 0.15) is 16.4 Å². The number of rotatable bonds is 8. The highest BCUT2D eigenvalue weighted by atomic mass is 35.5. The first-order chi connectivity index (χ1) is 14.2. The summed E-state index contributed by atoms with van der Waals surface area (Å²) in [6, 6.07) is 8.41. The topological polar surface area (TPSA) is 100 Å². The van der Waals surface area contributed by atoms with Crippen LogP contribution < -0.4 is 0 Å². The van der Waals surface area contributed by atoms with Crippen molar-refractivity contribution in [2.75, 3.05) is 39.9 Å². The lowest BCUT2D eigenvalue weighted by Crippen LogP contribution is -2.46. The first-order valence-electron chi connectivity index (χ1n) is 9.43. The van der Waals surface area contributed by atoms with Gasteiger partial charge in [-0.15, -0.1) is 11.3 Å². The minimum absolute atomic E-state index is 0.0896. The number of sulfonamides is 1. The van der Waals surface area contributed by atoms with Gasteiger partial charge in [0.15, 0.2) is 0 Å². The number of nitrogens with zero attached hydrogens (tertiary/aromatic N) is 3. The molecule has 30 heavy (non-hydrogen) atoms. The number of likely N-dealkylation sites (tertiary alicyclic amines) is 1. The van der Waals surface area contributed by atoms with Crippen LogP contribution in [0, 0.1) is 0 Å². The molecule has 3 heterocycles. The Morgan fingerprint density at radius 3 is 2.67 bits per heavy atom. The van der Waals surface area contributed by atoms with Crippen molar-refractivity contribution in [2.45, 2.75) is 22.7 Å². The van der Waals surface area contributed by atoms with Crippen molar-refractivity contribution in [3.05, 3.63) is 46.6 Å². The van der Waals surface area contributed by atoms with E-state index in [0.717, 1.165) is 11.3 Å². The molecular weight excluding hydrogens is 450 g/mol. The number of likely N-dealkylation sites (N-methyl/N-ethyl adjacent to an activating group) is 1. The molecule has 1 aliphatic heterocycles. The van der Waals surface area contributed by atoms with Crippen molar-refractivity contribution < 1.29 is 23.1 Å². The van der Waals surface area contributed by atoms with Gasteiger partial charge >= 0.3 is 0 Å². The minimum atomic E-state index is -3.62. The molecule has 0 spiro atoms. The van der Waals surface area contributed by atoms with Crippen LogP contribution in [0.4, 0.5) is 0 Å². The lowest BCUT2D eigenvalue weighted by Gasteiger charge is -2.37. The molecule has 0 atom stereocenters. The highest BCUT2D eigenvalue weighted by Gasteiger charge is 2.36. The first-order valence-corrected chi connectivity index (χ1v) is 12.1. The van der Waals surface area contributed by atoms with E-state index in [-0.39, 0.29) is 29.9 Å². The van der Waals surface area contributed by atoms with Gasteiger partial charge in [0.2, 0.25) is 5.91 Å². The number of thiophene rings is 1. The summed E-state index contributed by atoms with van der Waals surface area (Å²) < 4.78 is 32.0. The Balaban J connectivity index is 1.41. The Labute approximate surface area is 185 Å². The number of hydrogen-bond acceptors (Lipinski definition) is 7. The molecule has 8 nitrogen and oxygen atoms in total. The van der Waals surface area contributed by atoms with Crippen LogP contribution in [0.15, 0.2) is 40.7 Å². The van der Waals surface area contributed by atoms with Crippen LogP contribution in [0.2, 0.25) is 4.34 Å². The van der Waals surface area contributed by atoms with Crippen LogP contribution in [0.25, 0.3) is 0 Å². The molecule has 0 saturated carbocycles. The quantitative estimate of drug-likeness (QED) is 0.588. The molecule has 3 rings (SSSR count). The standard InChI is InChI=1S/C19H24ClN3O5S2/c1-22(30(26,27)18-6-5-16(20)29-18)12-13-28-14-17(24)23-10-7-19(25,8-11-23)15-4-2-3-9-21-15/h2-6,9,25H,7-8,10-14H2,1H3. The van der Waals surface area contributed by atoms with Crippen LogP contribution in [-0.4, -0.2) is 73.5 Å². The van der Waals surface area contributed by atoms with Gasteiger partial charge in [0.05, 0.1) is 16.6 Å². The van der Waals surface area contributed by atoms with E-state index in [0.29, 0.717) is 36.0 Å². The molecule has 0 aromatic carbocycles. The summed E-state index contributed by atoms with van der Waals surface area (Å²) in [5, 5.41) is 10.8. The molecule has 0 radical (unpaired) electrons. The Morgan fingerprint density at radius 2 is 2.07 bits per heavy atom. The summed E-state index contributed by atoms with van der Waals surface area (Å²) in [7, 11) is -2.16. The highest BCUT2D eigenvalue weighted by molar-refractivity contribution is 7.91. The number of pyridine rings is 1. The van der Waals surface area contributed by atoms with E-state index < -0.39 is 15.6 Å². The van der Waals surface area contributed by atoms with E-state index in [2.05, 4.69) is 4.98 Å². The van der Waals surface area contributed by atoms with Gasteiger partial charge in [-0.1, -0.05) is 17.7 Å². The number of carbonyl (C=O) groups excluding carboxylic acids is 1. The Hall–Kier alpha value is -1.56. The number of piperidine rings is 1. The maximum atomic E-state index is 12.4.